The third-order valence-electron chi connectivity index (χ3n) is 3.98. The van der Waals surface area contributed by atoms with Crippen molar-refractivity contribution in [1.82, 2.24) is 4.90 Å². The Balaban J connectivity index is 1.95. The van der Waals surface area contributed by atoms with Crippen LogP contribution in [0.2, 0.25) is 0 Å². The molecule has 3 rings (SSSR count). The van der Waals surface area contributed by atoms with E-state index in [0.29, 0.717) is 6.42 Å². The number of aliphatic hydroxyl groups is 1. The molecule has 0 amide bonds. The Hall–Kier alpha value is -1.26. The van der Waals surface area contributed by atoms with E-state index < -0.39 is 6.10 Å². The van der Waals surface area contributed by atoms with Gasteiger partial charge < -0.3 is 19.5 Å². The molecule has 0 bridgehead atoms. The van der Waals surface area contributed by atoms with Gasteiger partial charge >= 0.3 is 0 Å². The normalized spacial score (nSPS) is 31.2. The summed E-state index contributed by atoms with van der Waals surface area (Å²) in [6.07, 6.45) is 1.21. The molecule has 2 aliphatic rings. The van der Waals surface area contributed by atoms with Crippen LogP contribution in [0.15, 0.2) is 18.2 Å². The van der Waals surface area contributed by atoms with Gasteiger partial charge in [0.25, 0.3) is 0 Å². The molecule has 18 heavy (non-hydrogen) atoms. The molecule has 4 nitrogen and oxygen atoms in total. The van der Waals surface area contributed by atoms with Crippen molar-refractivity contribution in [2.45, 2.75) is 24.5 Å². The van der Waals surface area contributed by atoms with E-state index in [4.69, 9.17) is 9.47 Å². The molecule has 0 saturated carbocycles. The minimum Gasteiger partial charge on any atom is -0.497 e. The third kappa shape index (κ3) is 1.85. The Morgan fingerprint density at radius 1 is 1.50 bits per heavy atom. The largest absolute Gasteiger partial charge is 0.497 e. The highest BCUT2D eigenvalue weighted by Gasteiger charge is 2.44. The molecule has 1 saturated heterocycles. The van der Waals surface area contributed by atoms with Crippen molar-refractivity contribution in [3.8, 4) is 11.5 Å². The maximum absolute atomic E-state index is 10.3. The second-order valence-electron chi connectivity index (χ2n) is 5.40. The van der Waals surface area contributed by atoms with Gasteiger partial charge in [-0.25, -0.2) is 0 Å². The Morgan fingerprint density at radius 2 is 2.33 bits per heavy atom. The molecule has 1 spiro atoms. The predicted molar refractivity (Wildman–Crippen MR) is 68.0 cm³/mol. The van der Waals surface area contributed by atoms with Gasteiger partial charge in [-0.05, 0) is 19.2 Å². The lowest BCUT2D eigenvalue weighted by Crippen LogP contribution is -2.43. The number of hydrogen-bond acceptors (Lipinski definition) is 4. The van der Waals surface area contributed by atoms with Crippen LogP contribution >= 0.6 is 0 Å². The van der Waals surface area contributed by atoms with Crippen LogP contribution in [0, 0.1) is 0 Å². The van der Waals surface area contributed by atoms with Crippen LogP contribution in [0.3, 0.4) is 0 Å². The van der Waals surface area contributed by atoms with Crippen molar-refractivity contribution in [3.63, 3.8) is 0 Å². The van der Waals surface area contributed by atoms with Crippen molar-refractivity contribution in [2.75, 3.05) is 27.2 Å². The topological polar surface area (TPSA) is 41.9 Å². The SMILES string of the molecule is COc1ccc2c(c1)OC1(CCN(C)C1)C[C@@H]2O. The van der Waals surface area contributed by atoms with Crippen molar-refractivity contribution < 1.29 is 14.6 Å². The highest BCUT2D eigenvalue weighted by atomic mass is 16.5. The predicted octanol–water partition coefficient (Wildman–Crippen LogP) is 1.59. The lowest BCUT2D eigenvalue weighted by molar-refractivity contribution is -0.00594. The maximum Gasteiger partial charge on any atom is 0.129 e. The van der Waals surface area contributed by atoms with Crippen molar-refractivity contribution >= 4 is 0 Å². The van der Waals surface area contributed by atoms with Gasteiger partial charge in [-0.2, -0.15) is 0 Å². The average Bonchev–Trinajstić information content (AvgIpc) is 2.69. The van der Waals surface area contributed by atoms with E-state index >= 15 is 0 Å². The molecular weight excluding hydrogens is 230 g/mol. The summed E-state index contributed by atoms with van der Waals surface area (Å²) in [5.41, 5.74) is 0.643. The Kier molecular flexibility index (Phi) is 2.72. The zero-order chi connectivity index (χ0) is 12.8. The molecule has 1 unspecified atom stereocenters. The number of likely N-dealkylation sites (N-methyl/N-ethyl adjacent to an activating group) is 1. The van der Waals surface area contributed by atoms with E-state index in [1.807, 2.05) is 18.2 Å². The lowest BCUT2D eigenvalue weighted by Gasteiger charge is -2.38. The zero-order valence-corrected chi connectivity index (χ0v) is 10.8. The fraction of sp³-hybridized carbons (Fsp3) is 0.571. The van der Waals surface area contributed by atoms with E-state index in [-0.39, 0.29) is 5.60 Å². The summed E-state index contributed by atoms with van der Waals surface area (Å²) >= 11 is 0. The molecule has 1 fully saturated rings. The van der Waals surface area contributed by atoms with Gasteiger partial charge in [0.05, 0.1) is 13.2 Å². The smallest absolute Gasteiger partial charge is 0.129 e. The summed E-state index contributed by atoms with van der Waals surface area (Å²) in [6.45, 7) is 1.90. The number of methoxy groups -OCH3 is 1. The van der Waals surface area contributed by atoms with Crippen molar-refractivity contribution in [3.05, 3.63) is 23.8 Å². The van der Waals surface area contributed by atoms with Gasteiger partial charge in [0.15, 0.2) is 0 Å². The second-order valence-corrected chi connectivity index (χ2v) is 5.40. The molecule has 1 N–H and O–H groups in total. The number of likely N-dealkylation sites (tertiary alicyclic amines) is 1. The fourth-order valence-electron chi connectivity index (χ4n) is 3.04. The molecule has 0 aromatic heterocycles. The highest BCUT2D eigenvalue weighted by Crippen LogP contribution is 2.44. The highest BCUT2D eigenvalue weighted by molar-refractivity contribution is 5.44. The number of aliphatic hydroxyl groups excluding tert-OH is 1. The Morgan fingerprint density at radius 3 is 3.00 bits per heavy atom. The molecule has 2 aliphatic heterocycles. The fourth-order valence-corrected chi connectivity index (χ4v) is 3.04. The molecule has 0 radical (unpaired) electrons. The number of nitrogens with zero attached hydrogens (tertiary/aromatic N) is 1. The van der Waals surface area contributed by atoms with E-state index in [0.717, 1.165) is 36.6 Å². The molecule has 2 heterocycles. The summed E-state index contributed by atoms with van der Waals surface area (Å²) < 4.78 is 11.4. The summed E-state index contributed by atoms with van der Waals surface area (Å²) in [5.74, 6) is 1.53. The summed E-state index contributed by atoms with van der Waals surface area (Å²) in [5, 5.41) is 10.3. The first-order valence-corrected chi connectivity index (χ1v) is 6.35. The first-order chi connectivity index (χ1) is 8.62. The molecule has 2 atom stereocenters. The molecule has 1 aromatic carbocycles. The number of fused-ring (bicyclic) bond motifs is 1. The first kappa shape index (κ1) is 11.8. The molecule has 1 aromatic rings. The quantitative estimate of drug-likeness (QED) is 0.820. The molecule has 98 valence electrons. The standard InChI is InChI=1S/C14H19NO3/c1-15-6-5-14(9-15)8-12(16)11-4-3-10(17-2)7-13(11)18-14/h3-4,7,12,16H,5-6,8-9H2,1-2H3/t12-,14?/m0/s1. The molecular formula is C14H19NO3. The van der Waals surface area contributed by atoms with Gasteiger partial charge in [0.1, 0.15) is 17.1 Å². The number of benzene rings is 1. The second kappa shape index (κ2) is 4.14. The monoisotopic (exact) mass is 249 g/mol. The minimum atomic E-state index is -0.439. The van der Waals surface area contributed by atoms with Crippen LogP contribution in [-0.4, -0.2) is 42.9 Å². The number of hydrogen-bond donors (Lipinski definition) is 1. The van der Waals surface area contributed by atoms with Crippen LogP contribution in [0.25, 0.3) is 0 Å². The first-order valence-electron chi connectivity index (χ1n) is 6.35. The molecule has 4 heteroatoms. The van der Waals surface area contributed by atoms with Gasteiger partial charge in [-0.1, -0.05) is 0 Å². The Bertz CT molecular complexity index is 462. The van der Waals surface area contributed by atoms with Crippen LogP contribution in [0.1, 0.15) is 24.5 Å². The Labute approximate surface area is 107 Å². The maximum atomic E-state index is 10.3. The minimum absolute atomic E-state index is 0.229. The van der Waals surface area contributed by atoms with Crippen molar-refractivity contribution in [1.29, 1.82) is 0 Å². The van der Waals surface area contributed by atoms with Gasteiger partial charge in [-0.15, -0.1) is 0 Å². The average molecular weight is 249 g/mol. The van der Waals surface area contributed by atoms with Crippen LogP contribution in [0.5, 0.6) is 11.5 Å². The van der Waals surface area contributed by atoms with Crippen LogP contribution in [0.4, 0.5) is 0 Å². The third-order valence-corrected chi connectivity index (χ3v) is 3.98. The lowest BCUT2D eigenvalue weighted by atomic mass is 9.88. The number of rotatable bonds is 1. The number of ether oxygens (including phenoxy) is 2. The van der Waals surface area contributed by atoms with E-state index in [1.54, 1.807) is 7.11 Å². The van der Waals surface area contributed by atoms with Crippen LogP contribution < -0.4 is 9.47 Å². The van der Waals surface area contributed by atoms with Gasteiger partial charge in [0.2, 0.25) is 0 Å². The zero-order valence-electron chi connectivity index (χ0n) is 10.8. The van der Waals surface area contributed by atoms with E-state index in [1.165, 1.54) is 0 Å². The molecule has 0 aliphatic carbocycles. The van der Waals surface area contributed by atoms with E-state index in [2.05, 4.69) is 11.9 Å². The van der Waals surface area contributed by atoms with Crippen molar-refractivity contribution in [2.24, 2.45) is 0 Å². The summed E-state index contributed by atoms with van der Waals surface area (Å²) in [7, 11) is 3.73. The van der Waals surface area contributed by atoms with E-state index in [9.17, 15) is 5.11 Å². The van der Waals surface area contributed by atoms with Crippen LogP contribution in [-0.2, 0) is 0 Å². The van der Waals surface area contributed by atoms with Gasteiger partial charge in [-0.3, -0.25) is 0 Å². The van der Waals surface area contributed by atoms with Gasteiger partial charge in [0, 0.05) is 37.6 Å². The summed E-state index contributed by atoms with van der Waals surface area (Å²) in [6, 6.07) is 5.63. The summed E-state index contributed by atoms with van der Waals surface area (Å²) in [4.78, 5) is 2.25.